The van der Waals surface area contributed by atoms with Gasteiger partial charge in [0.05, 0.1) is 16.3 Å². The van der Waals surface area contributed by atoms with Gasteiger partial charge in [0, 0.05) is 18.3 Å². The number of nitrogens with one attached hydrogen (secondary N) is 1. The molecule has 0 radical (unpaired) electrons. The minimum atomic E-state index is -0.930. The third-order valence-corrected chi connectivity index (χ3v) is 4.26. The molecule has 0 aliphatic heterocycles. The van der Waals surface area contributed by atoms with Crippen LogP contribution in [0.2, 0.25) is 0 Å². The van der Waals surface area contributed by atoms with E-state index in [-0.39, 0.29) is 11.5 Å². The number of amides is 1. The average molecular weight is 332 g/mol. The van der Waals surface area contributed by atoms with Crippen LogP contribution >= 0.6 is 11.3 Å². The summed E-state index contributed by atoms with van der Waals surface area (Å²) in [7, 11) is 0. The minimum absolute atomic E-state index is 0.0408. The van der Waals surface area contributed by atoms with E-state index in [9.17, 15) is 9.59 Å². The number of carboxylic acid groups (broad SMARTS) is 1. The Kier molecular flexibility index (Phi) is 6.29. The second-order valence-electron chi connectivity index (χ2n) is 5.31. The highest BCUT2D eigenvalue weighted by Crippen LogP contribution is 2.10. The Morgan fingerprint density at radius 3 is 2.57 bits per heavy atom. The summed E-state index contributed by atoms with van der Waals surface area (Å²) >= 11 is 1.63. The molecule has 0 saturated heterocycles. The fourth-order valence-electron chi connectivity index (χ4n) is 2.20. The molecule has 1 amide bonds. The van der Waals surface area contributed by atoms with Crippen LogP contribution in [0.15, 0.2) is 29.6 Å². The maximum atomic E-state index is 11.8. The van der Waals surface area contributed by atoms with Crippen molar-refractivity contribution in [1.82, 2.24) is 10.3 Å². The summed E-state index contributed by atoms with van der Waals surface area (Å²) in [6.07, 6.45) is 2.81. The molecule has 0 fully saturated rings. The van der Waals surface area contributed by atoms with Crippen LogP contribution in [0.25, 0.3) is 0 Å². The van der Waals surface area contributed by atoms with E-state index in [1.54, 1.807) is 35.6 Å². The SMILES string of the molecule is Cc1nc(CCCC(=O)NCCc2ccc(C(=O)O)cc2)cs1. The second kappa shape index (κ2) is 8.43. The standard InChI is InChI=1S/C17H20N2O3S/c1-12-19-15(11-23-12)3-2-4-16(20)18-10-9-13-5-7-14(8-6-13)17(21)22/h5-8,11H,2-4,9-10H2,1H3,(H,18,20)(H,21,22). The van der Waals surface area contributed by atoms with Crippen molar-refractivity contribution >= 4 is 23.2 Å². The first-order valence-corrected chi connectivity index (χ1v) is 8.42. The normalized spacial score (nSPS) is 10.5. The molecule has 122 valence electrons. The van der Waals surface area contributed by atoms with E-state index < -0.39 is 5.97 Å². The molecule has 1 aromatic heterocycles. The molecule has 0 aliphatic rings. The first-order chi connectivity index (χ1) is 11.0. The summed E-state index contributed by atoms with van der Waals surface area (Å²) in [5, 5.41) is 14.8. The topological polar surface area (TPSA) is 79.3 Å². The number of hydrogen-bond donors (Lipinski definition) is 2. The summed E-state index contributed by atoms with van der Waals surface area (Å²) in [6.45, 7) is 2.53. The number of nitrogens with zero attached hydrogens (tertiary/aromatic N) is 1. The first kappa shape index (κ1) is 17.1. The molecular weight excluding hydrogens is 312 g/mol. The van der Waals surface area contributed by atoms with Crippen LogP contribution in [0.1, 0.15) is 39.5 Å². The quantitative estimate of drug-likeness (QED) is 0.779. The molecule has 0 spiro atoms. The fourth-order valence-corrected chi connectivity index (χ4v) is 2.85. The highest BCUT2D eigenvalue weighted by atomic mass is 32.1. The molecule has 1 heterocycles. The molecule has 2 rings (SSSR count). The van der Waals surface area contributed by atoms with E-state index >= 15 is 0 Å². The highest BCUT2D eigenvalue weighted by Gasteiger charge is 2.04. The summed E-state index contributed by atoms with van der Waals surface area (Å²) in [5.41, 5.74) is 2.34. The number of carbonyl (C=O) groups excluding carboxylic acids is 1. The van der Waals surface area contributed by atoms with Gasteiger partial charge in [0.1, 0.15) is 0 Å². The zero-order valence-corrected chi connectivity index (χ0v) is 13.9. The fraction of sp³-hybridized carbons (Fsp3) is 0.353. The number of carboxylic acids is 1. The average Bonchev–Trinajstić information content (AvgIpc) is 2.93. The molecule has 5 nitrogen and oxygen atoms in total. The lowest BCUT2D eigenvalue weighted by Gasteiger charge is -2.05. The van der Waals surface area contributed by atoms with Crippen LogP contribution in [0.3, 0.4) is 0 Å². The van der Waals surface area contributed by atoms with Gasteiger partial charge in [-0.15, -0.1) is 11.3 Å². The lowest BCUT2D eigenvalue weighted by Crippen LogP contribution is -2.25. The number of hydrogen-bond acceptors (Lipinski definition) is 4. The van der Waals surface area contributed by atoms with Crippen molar-refractivity contribution in [3.05, 3.63) is 51.5 Å². The van der Waals surface area contributed by atoms with Crippen molar-refractivity contribution in [2.45, 2.75) is 32.6 Å². The van der Waals surface area contributed by atoms with Crippen LogP contribution < -0.4 is 5.32 Å². The number of rotatable bonds is 8. The lowest BCUT2D eigenvalue weighted by molar-refractivity contribution is -0.121. The molecule has 0 aliphatic carbocycles. The zero-order valence-electron chi connectivity index (χ0n) is 13.0. The highest BCUT2D eigenvalue weighted by molar-refractivity contribution is 7.09. The Balaban J connectivity index is 1.63. The van der Waals surface area contributed by atoms with Crippen LogP contribution in [0, 0.1) is 6.92 Å². The molecule has 0 unspecified atom stereocenters. The number of aromatic carboxylic acids is 1. The summed E-state index contributed by atoms with van der Waals surface area (Å²) in [4.78, 5) is 26.9. The van der Waals surface area contributed by atoms with Crippen LogP contribution in [0.5, 0.6) is 0 Å². The molecule has 2 N–H and O–H groups in total. The Morgan fingerprint density at radius 1 is 1.22 bits per heavy atom. The summed E-state index contributed by atoms with van der Waals surface area (Å²) < 4.78 is 0. The van der Waals surface area contributed by atoms with Gasteiger partial charge in [0.2, 0.25) is 5.91 Å². The smallest absolute Gasteiger partial charge is 0.335 e. The van der Waals surface area contributed by atoms with Gasteiger partial charge < -0.3 is 10.4 Å². The van der Waals surface area contributed by atoms with E-state index in [1.165, 1.54) is 0 Å². The predicted octanol–water partition coefficient (Wildman–Crippen LogP) is 2.83. The molecule has 0 atom stereocenters. The first-order valence-electron chi connectivity index (χ1n) is 7.54. The number of aryl methyl sites for hydroxylation is 2. The summed E-state index contributed by atoms with van der Waals surface area (Å²) in [5.74, 6) is -0.890. The maximum absolute atomic E-state index is 11.8. The Labute approximate surface area is 139 Å². The molecule has 2 aromatic rings. The minimum Gasteiger partial charge on any atom is -0.478 e. The van der Waals surface area contributed by atoms with Crippen LogP contribution in [-0.2, 0) is 17.6 Å². The van der Waals surface area contributed by atoms with Crippen LogP contribution in [0.4, 0.5) is 0 Å². The molecule has 23 heavy (non-hydrogen) atoms. The van der Waals surface area contributed by atoms with E-state index in [4.69, 9.17) is 5.11 Å². The van der Waals surface area contributed by atoms with Crippen molar-refractivity contribution in [3.63, 3.8) is 0 Å². The Hall–Kier alpha value is -2.21. The number of carbonyl (C=O) groups is 2. The number of benzene rings is 1. The third kappa shape index (κ3) is 5.83. The van der Waals surface area contributed by atoms with E-state index in [2.05, 4.69) is 10.3 Å². The number of thiazole rings is 1. The molecular formula is C17H20N2O3S. The van der Waals surface area contributed by atoms with Crippen molar-refractivity contribution in [3.8, 4) is 0 Å². The number of aromatic nitrogens is 1. The summed E-state index contributed by atoms with van der Waals surface area (Å²) in [6, 6.07) is 6.71. The van der Waals surface area contributed by atoms with E-state index in [0.717, 1.165) is 29.1 Å². The lowest BCUT2D eigenvalue weighted by atomic mass is 10.1. The van der Waals surface area contributed by atoms with Crippen LogP contribution in [-0.4, -0.2) is 28.5 Å². The van der Waals surface area contributed by atoms with E-state index in [0.29, 0.717) is 19.4 Å². The van der Waals surface area contributed by atoms with Gasteiger partial charge in [-0.05, 0) is 43.9 Å². The molecule has 6 heteroatoms. The van der Waals surface area contributed by atoms with Gasteiger partial charge in [-0.3, -0.25) is 4.79 Å². The van der Waals surface area contributed by atoms with Crippen molar-refractivity contribution < 1.29 is 14.7 Å². The largest absolute Gasteiger partial charge is 0.478 e. The molecule has 0 bridgehead atoms. The predicted molar refractivity (Wildman–Crippen MR) is 89.9 cm³/mol. The van der Waals surface area contributed by atoms with Gasteiger partial charge in [-0.25, -0.2) is 9.78 Å². The van der Waals surface area contributed by atoms with Gasteiger partial charge in [0.25, 0.3) is 0 Å². The second-order valence-corrected chi connectivity index (χ2v) is 6.38. The van der Waals surface area contributed by atoms with Gasteiger partial charge in [0.15, 0.2) is 0 Å². The molecule has 1 aromatic carbocycles. The van der Waals surface area contributed by atoms with Crippen molar-refractivity contribution in [2.75, 3.05) is 6.54 Å². The Morgan fingerprint density at radius 2 is 1.96 bits per heavy atom. The molecule has 0 saturated carbocycles. The maximum Gasteiger partial charge on any atom is 0.335 e. The third-order valence-electron chi connectivity index (χ3n) is 3.44. The zero-order chi connectivity index (χ0) is 16.7. The monoisotopic (exact) mass is 332 g/mol. The van der Waals surface area contributed by atoms with Gasteiger partial charge >= 0.3 is 5.97 Å². The Bertz CT molecular complexity index is 665. The van der Waals surface area contributed by atoms with Gasteiger partial charge in [-0.2, -0.15) is 0 Å². The van der Waals surface area contributed by atoms with Crippen molar-refractivity contribution in [2.24, 2.45) is 0 Å². The van der Waals surface area contributed by atoms with E-state index in [1.807, 2.05) is 12.3 Å². The van der Waals surface area contributed by atoms with Gasteiger partial charge in [-0.1, -0.05) is 12.1 Å². The van der Waals surface area contributed by atoms with Crippen molar-refractivity contribution in [1.29, 1.82) is 0 Å².